The van der Waals surface area contributed by atoms with E-state index in [9.17, 15) is 0 Å². The van der Waals surface area contributed by atoms with E-state index >= 15 is 0 Å². The molecule has 0 heterocycles. The van der Waals surface area contributed by atoms with Crippen molar-refractivity contribution in [3.63, 3.8) is 0 Å². The molecule has 1 atom stereocenters. The molecule has 0 aliphatic rings. The van der Waals surface area contributed by atoms with Gasteiger partial charge in [0.05, 0.1) is 25.9 Å². The fourth-order valence-electron chi connectivity index (χ4n) is 2.25. The summed E-state index contributed by atoms with van der Waals surface area (Å²) in [5, 5.41) is 4.25. The van der Waals surface area contributed by atoms with Crippen molar-refractivity contribution < 1.29 is 9.47 Å². The lowest BCUT2D eigenvalue weighted by atomic mass is 10.0. The molecule has 1 unspecified atom stereocenters. The molecule has 0 aliphatic heterocycles. The van der Waals surface area contributed by atoms with Gasteiger partial charge in [0.1, 0.15) is 11.5 Å². The van der Waals surface area contributed by atoms with Crippen molar-refractivity contribution in [1.29, 1.82) is 0 Å². The average molecular weight is 306 g/mol. The lowest BCUT2D eigenvalue weighted by molar-refractivity contribution is 0.395. The molecule has 2 aromatic rings. The first kappa shape index (κ1) is 15.5. The van der Waals surface area contributed by atoms with Crippen LogP contribution in [0.4, 0.5) is 5.69 Å². The summed E-state index contributed by atoms with van der Waals surface area (Å²) in [4.78, 5) is 0. The van der Waals surface area contributed by atoms with E-state index in [0.29, 0.717) is 0 Å². The van der Waals surface area contributed by atoms with E-state index in [4.69, 9.17) is 21.1 Å². The first-order valence-corrected chi connectivity index (χ1v) is 7.29. The lowest BCUT2D eigenvalue weighted by Crippen LogP contribution is -2.10. The molecule has 0 aromatic heterocycles. The molecule has 0 radical (unpaired) electrons. The standard InChI is InChI=1S/C17H20ClNO2/c1-4-15(12-6-5-7-13(18)10-12)19-16-9-8-14(20-2)11-17(16)21-3/h5-11,15,19H,4H2,1-3H3. The molecule has 2 rings (SSSR count). The third-order valence-corrected chi connectivity index (χ3v) is 3.63. The number of methoxy groups -OCH3 is 2. The van der Waals surface area contributed by atoms with Gasteiger partial charge in [-0.15, -0.1) is 0 Å². The first-order valence-electron chi connectivity index (χ1n) is 6.92. The second-order valence-electron chi connectivity index (χ2n) is 4.73. The predicted octanol–water partition coefficient (Wildman–Crippen LogP) is 4.92. The van der Waals surface area contributed by atoms with Crippen LogP contribution in [-0.4, -0.2) is 14.2 Å². The monoisotopic (exact) mass is 305 g/mol. The van der Waals surface area contributed by atoms with Crippen molar-refractivity contribution in [1.82, 2.24) is 0 Å². The Balaban J connectivity index is 2.26. The number of halogens is 1. The predicted molar refractivity (Wildman–Crippen MR) is 87.7 cm³/mol. The third kappa shape index (κ3) is 3.82. The van der Waals surface area contributed by atoms with E-state index in [1.807, 2.05) is 36.4 Å². The number of anilines is 1. The van der Waals surface area contributed by atoms with Crippen LogP contribution < -0.4 is 14.8 Å². The third-order valence-electron chi connectivity index (χ3n) is 3.40. The maximum atomic E-state index is 6.08. The zero-order valence-electron chi connectivity index (χ0n) is 12.5. The number of ether oxygens (including phenoxy) is 2. The van der Waals surface area contributed by atoms with Gasteiger partial charge in [-0.2, -0.15) is 0 Å². The van der Waals surface area contributed by atoms with Crippen LogP contribution in [0.25, 0.3) is 0 Å². The summed E-state index contributed by atoms with van der Waals surface area (Å²) in [7, 11) is 3.29. The number of benzene rings is 2. The van der Waals surface area contributed by atoms with Gasteiger partial charge in [0, 0.05) is 11.1 Å². The van der Waals surface area contributed by atoms with E-state index in [-0.39, 0.29) is 6.04 Å². The zero-order valence-corrected chi connectivity index (χ0v) is 13.3. The quantitative estimate of drug-likeness (QED) is 0.821. The number of rotatable bonds is 6. The molecule has 0 aliphatic carbocycles. The van der Waals surface area contributed by atoms with Crippen LogP contribution in [0, 0.1) is 0 Å². The topological polar surface area (TPSA) is 30.5 Å². The molecule has 0 spiro atoms. The van der Waals surface area contributed by atoms with Crippen molar-refractivity contribution >= 4 is 17.3 Å². The highest BCUT2D eigenvalue weighted by molar-refractivity contribution is 6.30. The second-order valence-corrected chi connectivity index (χ2v) is 5.16. The Morgan fingerprint density at radius 2 is 1.90 bits per heavy atom. The van der Waals surface area contributed by atoms with Crippen molar-refractivity contribution in [3.8, 4) is 11.5 Å². The summed E-state index contributed by atoms with van der Waals surface area (Å²) in [6.45, 7) is 2.13. The zero-order chi connectivity index (χ0) is 15.2. The van der Waals surface area contributed by atoms with Gasteiger partial charge in [-0.25, -0.2) is 0 Å². The molecule has 2 aromatic carbocycles. The van der Waals surface area contributed by atoms with Gasteiger partial charge >= 0.3 is 0 Å². The molecule has 0 fully saturated rings. The summed E-state index contributed by atoms with van der Waals surface area (Å²) in [5.74, 6) is 1.53. The highest BCUT2D eigenvalue weighted by atomic mass is 35.5. The van der Waals surface area contributed by atoms with E-state index in [1.54, 1.807) is 14.2 Å². The average Bonchev–Trinajstić information content (AvgIpc) is 2.52. The SMILES string of the molecule is CCC(Nc1ccc(OC)cc1OC)c1cccc(Cl)c1. The Kier molecular flexibility index (Phi) is 5.34. The van der Waals surface area contributed by atoms with Crippen LogP contribution in [0.2, 0.25) is 5.02 Å². The largest absolute Gasteiger partial charge is 0.497 e. The van der Waals surface area contributed by atoms with E-state index in [2.05, 4.69) is 18.3 Å². The van der Waals surface area contributed by atoms with Gasteiger partial charge in [-0.3, -0.25) is 0 Å². The first-order chi connectivity index (χ1) is 10.2. The van der Waals surface area contributed by atoms with Crippen LogP contribution in [0.15, 0.2) is 42.5 Å². The Bertz CT molecular complexity index is 601. The molecule has 0 saturated heterocycles. The molecule has 0 saturated carbocycles. The Labute approximate surface area is 130 Å². The van der Waals surface area contributed by atoms with Crippen LogP contribution >= 0.6 is 11.6 Å². The highest BCUT2D eigenvalue weighted by Crippen LogP contribution is 2.33. The van der Waals surface area contributed by atoms with Gasteiger partial charge in [0.15, 0.2) is 0 Å². The molecule has 4 heteroatoms. The molecule has 1 N–H and O–H groups in total. The molecule has 0 bridgehead atoms. The Morgan fingerprint density at radius 1 is 1.10 bits per heavy atom. The number of nitrogens with one attached hydrogen (secondary N) is 1. The summed E-state index contributed by atoms with van der Waals surface area (Å²) < 4.78 is 10.6. The number of hydrogen-bond donors (Lipinski definition) is 1. The van der Waals surface area contributed by atoms with E-state index < -0.39 is 0 Å². The molecule has 112 valence electrons. The molecular formula is C17H20ClNO2. The molecular weight excluding hydrogens is 286 g/mol. The van der Waals surface area contributed by atoms with Gasteiger partial charge in [-0.1, -0.05) is 30.7 Å². The molecule has 0 amide bonds. The highest BCUT2D eigenvalue weighted by Gasteiger charge is 2.13. The Hall–Kier alpha value is -1.87. The summed E-state index contributed by atoms with van der Waals surface area (Å²) >= 11 is 6.08. The maximum Gasteiger partial charge on any atom is 0.145 e. The van der Waals surface area contributed by atoms with Gasteiger partial charge in [0.2, 0.25) is 0 Å². The fourth-order valence-corrected chi connectivity index (χ4v) is 2.45. The van der Waals surface area contributed by atoms with Gasteiger partial charge in [-0.05, 0) is 36.2 Å². The van der Waals surface area contributed by atoms with Crippen molar-refractivity contribution in [3.05, 3.63) is 53.1 Å². The lowest BCUT2D eigenvalue weighted by Gasteiger charge is -2.21. The van der Waals surface area contributed by atoms with Crippen LogP contribution in [0.3, 0.4) is 0 Å². The fraction of sp³-hybridized carbons (Fsp3) is 0.294. The van der Waals surface area contributed by atoms with E-state index in [0.717, 1.165) is 34.2 Å². The second kappa shape index (κ2) is 7.23. The van der Waals surface area contributed by atoms with Crippen LogP contribution in [0.1, 0.15) is 24.9 Å². The van der Waals surface area contributed by atoms with Crippen molar-refractivity contribution in [2.45, 2.75) is 19.4 Å². The van der Waals surface area contributed by atoms with Crippen molar-refractivity contribution in [2.24, 2.45) is 0 Å². The van der Waals surface area contributed by atoms with E-state index in [1.165, 1.54) is 0 Å². The van der Waals surface area contributed by atoms with Crippen LogP contribution in [-0.2, 0) is 0 Å². The molecule has 21 heavy (non-hydrogen) atoms. The summed E-state index contributed by atoms with van der Waals surface area (Å²) in [6.07, 6.45) is 0.940. The minimum atomic E-state index is 0.172. The summed E-state index contributed by atoms with van der Waals surface area (Å²) in [5.41, 5.74) is 2.09. The minimum absolute atomic E-state index is 0.172. The van der Waals surface area contributed by atoms with Crippen LogP contribution in [0.5, 0.6) is 11.5 Å². The van der Waals surface area contributed by atoms with Crippen molar-refractivity contribution in [2.75, 3.05) is 19.5 Å². The molecule has 3 nitrogen and oxygen atoms in total. The normalized spacial score (nSPS) is 11.8. The van der Waals surface area contributed by atoms with Gasteiger partial charge < -0.3 is 14.8 Å². The maximum absolute atomic E-state index is 6.08. The minimum Gasteiger partial charge on any atom is -0.497 e. The smallest absolute Gasteiger partial charge is 0.145 e. The van der Waals surface area contributed by atoms with Gasteiger partial charge in [0.25, 0.3) is 0 Å². The Morgan fingerprint density at radius 3 is 2.52 bits per heavy atom. The summed E-state index contributed by atoms with van der Waals surface area (Å²) in [6, 6.07) is 13.8. The number of hydrogen-bond acceptors (Lipinski definition) is 3.